The molecule has 0 aromatic carbocycles. The summed E-state index contributed by atoms with van der Waals surface area (Å²) >= 11 is 5.78. The van der Waals surface area contributed by atoms with Gasteiger partial charge < -0.3 is 0 Å². The standard InChI is InChI=1S/C10H14ClN3/c1-2-3-4-9(14-12)8-5-6-13-10(11)7-8/h2,5-7,9,14H,1,3-4,12H2. The quantitative estimate of drug-likeness (QED) is 0.340. The summed E-state index contributed by atoms with van der Waals surface area (Å²) in [4.78, 5) is 3.91. The summed E-state index contributed by atoms with van der Waals surface area (Å²) < 4.78 is 0. The maximum atomic E-state index is 5.78. The van der Waals surface area contributed by atoms with Crippen molar-refractivity contribution in [3.63, 3.8) is 0 Å². The van der Waals surface area contributed by atoms with Crippen molar-refractivity contribution in [2.75, 3.05) is 0 Å². The zero-order valence-corrected chi connectivity index (χ0v) is 8.67. The minimum atomic E-state index is 0.105. The van der Waals surface area contributed by atoms with Crippen molar-refractivity contribution in [3.05, 3.63) is 41.7 Å². The Morgan fingerprint density at radius 2 is 2.50 bits per heavy atom. The fourth-order valence-corrected chi connectivity index (χ4v) is 1.45. The van der Waals surface area contributed by atoms with Gasteiger partial charge in [-0.1, -0.05) is 17.7 Å². The Bertz CT molecular complexity index is 301. The van der Waals surface area contributed by atoms with Gasteiger partial charge in [0.15, 0.2) is 0 Å². The second kappa shape index (κ2) is 5.75. The monoisotopic (exact) mass is 211 g/mol. The Morgan fingerprint density at radius 3 is 3.07 bits per heavy atom. The van der Waals surface area contributed by atoms with Crippen LogP contribution < -0.4 is 11.3 Å². The van der Waals surface area contributed by atoms with Crippen LogP contribution in [-0.2, 0) is 0 Å². The van der Waals surface area contributed by atoms with Gasteiger partial charge in [0, 0.05) is 12.2 Å². The molecular formula is C10H14ClN3. The summed E-state index contributed by atoms with van der Waals surface area (Å²) in [5, 5.41) is 0.487. The molecule has 0 aliphatic carbocycles. The number of nitrogens with two attached hydrogens (primary N) is 1. The predicted octanol–water partition coefficient (Wildman–Crippen LogP) is 2.21. The molecule has 0 aliphatic rings. The Morgan fingerprint density at radius 1 is 1.71 bits per heavy atom. The van der Waals surface area contributed by atoms with E-state index in [1.54, 1.807) is 6.20 Å². The van der Waals surface area contributed by atoms with Gasteiger partial charge in [0.05, 0.1) is 0 Å². The van der Waals surface area contributed by atoms with Crippen LogP contribution in [0.25, 0.3) is 0 Å². The number of halogens is 1. The van der Waals surface area contributed by atoms with E-state index in [0.29, 0.717) is 5.15 Å². The van der Waals surface area contributed by atoms with E-state index in [2.05, 4.69) is 17.0 Å². The van der Waals surface area contributed by atoms with Gasteiger partial charge in [-0.3, -0.25) is 11.3 Å². The molecule has 1 aromatic heterocycles. The second-order valence-corrected chi connectivity index (χ2v) is 3.38. The molecule has 0 saturated heterocycles. The maximum absolute atomic E-state index is 5.78. The van der Waals surface area contributed by atoms with Crippen molar-refractivity contribution >= 4 is 11.6 Å². The molecule has 0 fully saturated rings. The zero-order chi connectivity index (χ0) is 10.4. The molecule has 14 heavy (non-hydrogen) atoms. The Hall–Kier alpha value is -0.900. The lowest BCUT2D eigenvalue weighted by Gasteiger charge is -2.14. The largest absolute Gasteiger partial charge is 0.271 e. The number of hydrogen-bond donors (Lipinski definition) is 2. The van der Waals surface area contributed by atoms with E-state index >= 15 is 0 Å². The van der Waals surface area contributed by atoms with Crippen LogP contribution >= 0.6 is 11.6 Å². The van der Waals surface area contributed by atoms with Gasteiger partial charge in [-0.15, -0.1) is 6.58 Å². The molecule has 1 atom stereocenters. The molecule has 0 spiro atoms. The van der Waals surface area contributed by atoms with Crippen LogP contribution in [0.2, 0.25) is 5.15 Å². The highest BCUT2D eigenvalue weighted by Crippen LogP contribution is 2.19. The topological polar surface area (TPSA) is 50.9 Å². The number of nitrogens with zero attached hydrogens (tertiary/aromatic N) is 1. The summed E-state index contributed by atoms with van der Waals surface area (Å²) in [6.07, 6.45) is 5.36. The van der Waals surface area contributed by atoms with Crippen molar-refractivity contribution in [3.8, 4) is 0 Å². The fraction of sp³-hybridized carbons (Fsp3) is 0.300. The van der Waals surface area contributed by atoms with Crippen LogP contribution in [0.4, 0.5) is 0 Å². The maximum Gasteiger partial charge on any atom is 0.129 e. The van der Waals surface area contributed by atoms with Crippen LogP contribution in [-0.4, -0.2) is 4.98 Å². The van der Waals surface area contributed by atoms with Gasteiger partial charge in [0.2, 0.25) is 0 Å². The second-order valence-electron chi connectivity index (χ2n) is 3.00. The Labute approximate surface area is 88.9 Å². The average Bonchev–Trinajstić information content (AvgIpc) is 2.19. The molecule has 0 amide bonds. The molecule has 1 heterocycles. The SMILES string of the molecule is C=CCCC(NN)c1ccnc(Cl)c1. The highest BCUT2D eigenvalue weighted by atomic mass is 35.5. The normalized spacial score (nSPS) is 12.4. The first-order chi connectivity index (χ1) is 6.77. The summed E-state index contributed by atoms with van der Waals surface area (Å²) in [7, 11) is 0. The van der Waals surface area contributed by atoms with E-state index in [1.165, 1.54) is 0 Å². The molecule has 3 nitrogen and oxygen atoms in total. The first-order valence-corrected chi connectivity index (χ1v) is 4.84. The third-order valence-electron chi connectivity index (χ3n) is 2.01. The lowest BCUT2D eigenvalue weighted by Crippen LogP contribution is -2.27. The number of aromatic nitrogens is 1. The molecule has 0 aliphatic heterocycles. The van der Waals surface area contributed by atoms with Crippen molar-refractivity contribution in [2.24, 2.45) is 5.84 Å². The lowest BCUT2D eigenvalue weighted by atomic mass is 10.0. The lowest BCUT2D eigenvalue weighted by molar-refractivity contribution is 0.520. The summed E-state index contributed by atoms with van der Waals surface area (Å²) in [6, 6.07) is 3.82. The number of hydrogen-bond acceptors (Lipinski definition) is 3. The molecular weight excluding hydrogens is 198 g/mol. The van der Waals surface area contributed by atoms with Gasteiger partial charge in [0.1, 0.15) is 5.15 Å². The number of hydrazine groups is 1. The van der Waals surface area contributed by atoms with Gasteiger partial charge in [0.25, 0.3) is 0 Å². The van der Waals surface area contributed by atoms with Gasteiger partial charge in [-0.05, 0) is 30.5 Å². The van der Waals surface area contributed by atoms with Crippen molar-refractivity contribution in [2.45, 2.75) is 18.9 Å². The first-order valence-electron chi connectivity index (χ1n) is 4.46. The number of allylic oxidation sites excluding steroid dienone is 1. The minimum Gasteiger partial charge on any atom is -0.271 e. The third kappa shape index (κ3) is 3.10. The van der Waals surface area contributed by atoms with E-state index in [1.807, 2.05) is 18.2 Å². The summed E-state index contributed by atoms with van der Waals surface area (Å²) in [5.41, 5.74) is 3.80. The smallest absolute Gasteiger partial charge is 0.129 e. The highest BCUT2D eigenvalue weighted by Gasteiger charge is 2.08. The van der Waals surface area contributed by atoms with Gasteiger partial charge in [-0.25, -0.2) is 4.98 Å². The molecule has 1 unspecified atom stereocenters. The van der Waals surface area contributed by atoms with Gasteiger partial charge >= 0.3 is 0 Å². The predicted molar refractivity (Wildman–Crippen MR) is 58.7 cm³/mol. The number of pyridine rings is 1. The first kappa shape index (κ1) is 11.2. The van der Waals surface area contributed by atoms with Crippen LogP contribution in [0.15, 0.2) is 31.0 Å². The molecule has 76 valence electrons. The van der Waals surface area contributed by atoms with Crippen LogP contribution in [0.5, 0.6) is 0 Å². The molecule has 4 heteroatoms. The average molecular weight is 212 g/mol. The summed E-state index contributed by atoms with van der Waals surface area (Å²) in [5.74, 6) is 5.45. The number of rotatable bonds is 5. The van der Waals surface area contributed by atoms with Crippen molar-refractivity contribution in [1.29, 1.82) is 0 Å². The molecule has 1 rings (SSSR count). The van der Waals surface area contributed by atoms with E-state index < -0.39 is 0 Å². The number of nitrogens with one attached hydrogen (secondary N) is 1. The Balaban J connectivity index is 2.72. The minimum absolute atomic E-state index is 0.105. The van der Waals surface area contributed by atoms with Crippen LogP contribution in [0.3, 0.4) is 0 Å². The molecule has 1 aromatic rings. The molecule has 0 saturated carbocycles. The summed E-state index contributed by atoms with van der Waals surface area (Å²) in [6.45, 7) is 3.67. The third-order valence-corrected chi connectivity index (χ3v) is 2.22. The van der Waals surface area contributed by atoms with E-state index in [4.69, 9.17) is 17.4 Å². The van der Waals surface area contributed by atoms with Crippen molar-refractivity contribution in [1.82, 2.24) is 10.4 Å². The van der Waals surface area contributed by atoms with Gasteiger partial charge in [-0.2, -0.15) is 0 Å². The zero-order valence-electron chi connectivity index (χ0n) is 7.91. The highest BCUT2D eigenvalue weighted by molar-refractivity contribution is 6.29. The van der Waals surface area contributed by atoms with E-state index in [9.17, 15) is 0 Å². The molecule has 0 bridgehead atoms. The molecule has 0 radical (unpaired) electrons. The van der Waals surface area contributed by atoms with Crippen molar-refractivity contribution < 1.29 is 0 Å². The van der Waals surface area contributed by atoms with Crippen LogP contribution in [0.1, 0.15) is 24.4 Å². The Kier molecular flexibility index (Phi) is 4.59. The van der Waals surface area contributed by atoms with Crippen LogP contribution in [0, 0.1) is 0 Å². The molecule has 3 N–H and O–H groups in total. The van der Waals surface area contributed by atoms with E-state index in [-0.39, 0.29) is 6.04 Å². The fourth-order valence-electron chi connectivity index (χ4n) is 1.26. The van der Waals surface area contributed by atoms with E-state index in [0.717, 1.165) is 18.4 Å².